The highest BCUT2D eigenvalue weighted by molar-refractivity contribution is 7.85. The van der Waals surface area contributed by atoms with Crippen LogP contribution in [0, 0.1) is 5.92 Å². The van der Waals surface area contributed by atoms with Gasteiger partial charge in [-0.15, -0.1) is 0 Å². The predicted molar refractivity (Wildman–Crippen MR) is 125 cm³/mol. The summed E-state index contributed by atoms with van der Waals surface area (Å²) in [6.07, 6.45) is 1.27. The molecule has 1 aliphatic rings. The molecule has 1 aliphatic heterocycles. The quantitative estimate of drug-likeness (QED) is 0.263. The van der Waals surface area contributed by atoms with Crippen LogP contribution in [0.2, 0.25) is 0 Å². The highest BCUT2D eigenvalue weighted by atomic mass is 32.2. The first-order valence-corrected chi connectivity index (χ1v) is 12.7. The van der Waals surface area contributed by atoms with Crippen molar-refractivity contribution in [3.05, 3.63) is 29.3 Å². The Morgan fingerprint density at radius 2 is 1.78 bits per heavy atom. The Morgan fingerprint density at radius 3 is 2.41 bits per heavy atom. The molecule has 0 atom stereocenters. The van der Waals surface area contributed by atoms with Gasteiger partial charge in [0.05, 0.1) is 17.6 Å². The van der Waals surface area contributed by atoms with E-state index in [1.807, 2.05) is 39.0 Å². The summed E-state index contributed by atoms with van der Waals surface area (Å²) in [6, 6.07) is 5.95. The van der Waals surface area contributed by atoms with Crippen molar-refractivity contribution in [2.45, 2.75) is 59.3 Å². The van der Waals surface area contributed by atoms with Crippen molar-refractivity contribution in [1.82, 2.24) is 10.6 Å². The van der Waals surface area contributed by atoms with E-state index in [0.29, 0.717) is 32.5 Å². The molecule has 1 aromatic rings. The molecular weight excluding hydrogens is 430 g/mol. The molecule has 0 bridgehead atoms. The number of amides is 2. The molecule has 2 amide bonds. The topological polar surface area (TPSA) is 116 Å². The van der Waals surface area contributed by atoms with E-state index in [4.69, 9.17) is 4.55 Å². The molecule has 0 spiro atoms. The second-order valence-electron chi connectivity index (χ2n) is 9.18. The third kappa shape index (κ3) is 6.87. The average Bonchev–Trinajstić information content (AvgIpc) is 2.87. The lowest BCUT2D eigenvalue weighted by Gasteiger charge is -2.16. The minimum absolute atomic E-state index is 0.0104. The van der Waals surface area contributed by atoms with Crippen molar-refractivity contribution in [2.75, 3.05) is 25.4 Å². The van der Waals surface area contributed by atoms with Crippen molar-refractivity contribution >= 4 is 33.3 Å². The lowest BCUT2D eigenvalue weighted by molar-refractivity contribution is -0.438. The predicted octanol–water partition coefficient (Wildman–Crippen LogP) is 2.18. The first-order valence-electron chi connectivity index (χ1n) is 11.1. The Labute approximate surface area is 191 Å². The summed E-state index contributed by atoms with van der Waals surface area (Å²) in [4.78, 5) is 23.9. The standard InChI is InChI=1S/C23H35N3O5S/c1-16(2)22(28)25-11-6-10-24-21(27)15-18-8-9-20-19(14-18)23(4,5)17(3)26(20)12-7-13-32(29,30)31/h8-9,14,16H,6-7,10-13,15H2,1-5H3,(H2-,24,25,27,28,29,30,31)/p+1. The Bertz CT molecular complexity index is 997. The van der Waals surface area contributed by atoms with Gasteiger partial charge in [0.15, 0.2) is 5.71 Å². The van der Waals surface area contributed by atoms with Crippen LogP contribution < -0.4 is 10.6 Å². The highest BCUT2D eigenvalue weighted by Gasteiger charge is 2.42. The summed E-state index contributed by atoms with van der Waals surface area (Å²) in [6.45, 7) is 11.5. The molecule has 0 radical (unpaired) electrons. The molecule has 0 unspecified atom stereocenters. The molecule has 8 nitrogen and oxygen atoms in total. The Kier molecular flexibility index (Phi) is 8.59. The van der Waals surface area contributed by atoms with Crippen LogP contribution >= 0.6 is 0 Å². The van der Waals surface area contributed by atoms with Crippen molar-refractivity contribution in [2.24, 2.45) is 5.92 Å². The highest BCUT2D eigenvalue weighted by Crippen LogP contribution is 2.40. The molecule has 32 heavy (non-hydrogen) atoms. The van der Waals surface area contributed by atoms with E-state index in [1.54, 1.807) is 0 Å². The van der Waals surface area contributed by atoms with Gasteiger partial charge in [-0.1, -0.05) is 19.9 Å². The van der Waals surface area contributed by atoms with Gasteiger partial charge in [-0.25, -0.2) is 0 Å². The third-order valence-corrected chi connectivity index (χ3v) is 6.79. The molecule has 9 heteroatoms. The molecule has 0 saturated heterocycles. The van der Waals surface area contributed by atoms with Gasteiger partial charge in [-0.05, 0) is 31.9 Å². The Hall–Kier alpha value is -2.26. The summed E-state index contributed by atoms with van der Waals surface area (Å²) >= 11 is 0. The number of benzene rings is 1. The second-order valence-corrected chi connectivity index (χ2v) is 10.8. The summed E-state index contributed by atoms with van der Waals surface area (Å²) in [5.41, 5.74) is 3.88. The molecule has 178 valence electrons. The zero-order valence-electron chi connectivity index (χ0n) is 19.7. The fraction of sp³-hybridized carbons (Fsp3) is 0.609. The van der Waals surface area contributed by atoms with Gasteiger partial charge in [0.25, 0.3) is 10.1 Å². The van der Waals surface area contributed by atoms with Crippen molar-refractivity contribution in [3.8, 4) is 0 Å². The molecule has 0 aromatic heterocycles. The smallest absolute Gasteiger partial charge is 0.265 e. The summed E-state index contributed by atoms with van der Waals surface area (Å²) in [5.74, 6) is -0.377. The van der Waals surface area contributed by atoms with Crippen LogP contribution in [-0.2, 0) is 31.5 Å². The van der Waals surface area contributed by atoms with Gasteiger partial charge >= 0.3 is 0 Å². The van der Waals surface area contributed by atoms with Crippen LogP contribution in [0.15, 0.2) is 18.2 Å². The number of hydrogen-bond donors (Lipinski definition) is 3. The molecule has 2 rings (SSSR count). The maximum Gasteiger partial charge on any atom is 0.265 e. The van der Waals surface area contributed by atoms with Gasteiger partial charge < -0.3 is 10.6 Å². The third-order valence-electron chi connectivity index (χ3n) is 5.98. The SMILES string of the molecule is CC1=[N+](CCCS(=O)(=O)O)c2ccc(CC(=O)NCCCNC(=O)C(C)C)cc2C1(C)C. The van der Waals surface area contributed by atoms with E-state index in [1.165, 1.54) is 0 Å². The minimum Gasteiger partial charge on any atom is -0.356 e. The van der Waals surface area contributed by atoms with Crippen LogP contribution in [0.3, 0.4) is 0 Å². The van der Waals surface area contributed by atoms with E-state index in [9.17, 15) is 18.0 Å². The van der Waals surface area contributed by atoms with Crippen LogP contribution in [0.4, 0.5) is 5.69 Å². The van der Waals surface area contributed by atoms with Crippen LogP contribution in [0.1, 0.15) is 58.6 Å². The number of fused-ring (bicyclic) bond motifs is 1. The van der Waals surface area contributed by atoms with Gasteiger partial charge in [0.1, 0.15) is 6.54 Å². The number of nitrogens with zero attached hydrogens (tertiary/aromatic N) is 1. The lowest BCUT2D eigenvalue weighted by atomic mass is 9.81. The van der Waals surface area contributed by atoms with E-state index >= 15 is 0 Å². The normalized spacial score (nSPS) is 15.1. The van der Waals surface area contributed by atoms with E-state index in [2.05, 4.69) is 29.1 Å². The van der Waals surface area contributed by atoms with Gasteiger partial charge in [0, 0.05) is 44.0 Å². The maximum absolute atomic E-state index is 12.3. The van der Waals surface area contributed by atoms with E-state index < -0.39 is 10.1 Å². The van der Waals surface area contributed by atoms with Gasteiger partial charge in [0.2, 0.25) is 17.5 Å². The molecule has 3 N–H and O–H groups in total. The zero-order chi connectivity index (χ0) is 24.1. The summed E-state index contributed by atoms with van der Waals surface area (Å²) < 4.78 is 33.2. The maximum atomic E-state index is 12.3. The molecule has 1 aromatic carbocycles. The number of carbonyl (C=O) groups excluding carboxylic acids is 2. The summed E-state index contributed by atoms with van der Waals surface area (Å²) in [5, 5.41) is 5.72. The summed E-state index contributed by atoms with van der Waals surface area (Å²) in [7, 11) is -3.98. The first kappa shape index (κ1) is 26.0. The largest absolute Gasteiger partial charge is 0.356 e. The Morgan fingerprint density at radius 1 is 1.12 bits per heavy atom. The molecule has 0 fully saturated rings. The van der Waals surface area contributed by atoms with Crippen molar-refractivity contribution < 1.29 is 27.1 Å². The first-order chi connectivity index (χ1) is 14.8. The van der Waals surface area contributed by atoms with Crippen molar-refractivity contribution in [3.63, 3.8) is 0 Å². The van der Waals surface area contributed by atoms with E-state index in [0.717, 1.165) is 22.5 Å². The number of rotatable bonds is 11. The zero-order valence-corrected chi connectivity index (χ0v) is 20.5. The fourth-order valence-corrected chi connectivity index (χ4v) is 4.31. The Balaban J connectivity index is 1.95. The van der Waals surface area contributed by atoms with E-state index in [-0.39, 0.29) is 35.3 Å². The lowest BCUT2D eigenvalue weighted by Crippen LogP contribution is -2.32. The number of nitrogens with one attached hydrogen (secondary N) is 2. The van der Waals surface area contributed by atoms with Crippen LogP contribution in [0.25, 0.3) is 0 Å². The fourth-order valence-electron chi connectivity index (χ4n) is 3.82. The average molecular weight is 467 g/mol. The van der Waals surface area contributed by atoms with Crippen molar-refractivity contribution in [1.29, 1.82) is 0 Å². The second kappa shape index (κ2) is 10.6. The number of hydrogen-bond acceptors (Lipinski definition) is 4. The molecule has 0 saturated carbocycles. The van der Waals surface area contributed by atoms with Gasteiger partial charge in [-0.2, -0.15) is 13.0 Å². The molecular formula is C23H36N3O5S+. The molecule has 0 aliphatic carbocycles. The van der Waals surface area contributed by atoms with Gasteiger partial charge in [-0.3, -0.25) is 14.1 Å². The van der Waals surface area contributed by atoms with Crippen LogP contribution in [-0.4, -0.2) is 60.5 Å². The minimum atomic E-state index is -3.98. The van der Waals surface area contributed by atoms with Crippen LogP contribution in [0.5, 0.6) is 0 Å². The molecule has 1 heterocycles. The monoisotopic (exact) mass is 466 g/mol. The number of carbonyl (C=O) groups is 2.